The van der Waals surface area contributed by atoms with Crippen LogP contribution in [0.4, 0.5) is 0 Å². The van der Waals surface area contributed by atoms with Gasteiger partial charge in [0.1, 0.15) is 0 Å². The molecule has 1 aromatic carbocycles. The lowest BCUT2D eigenvalue weighted by Gasteiger charge is -2.32. The number of rotatable bonds is 2. The van der Waals surface area contributed by atoms with Gasteiger partial charge in [-0.3, -0.25) is 0 Å². The van der Waals surface area contributed by atoms with E-state index in [0.29, 0.717) is 0 Å². The van der Waals surface area contributed by atoms with Crippen molar-refractivity contribution in [1.82, 2.24) is 10.2 Å². The Morgan fingerprint density at radius 3 is 2.00 bits per heavy atom. The average molecular weight is 258 g/mol. The summed E-state index contributed by atoms with van der Waals surface area (Å²) in [5.41, 5.74) is 3.31. The van der Waals surface area contributed by atoms with E-state index in [1.165, 1.54) is 51.9 Å². The molecule has 104 valence electrons. The third kappa shape index (κ3) is 3.01. The second kappa shape index (κ2) is 6.06. The number of benzene rings is 1. The fourth-order valence-electron chi connectivity index (χ4n) is 3.71. The molecule has 2 fully saturated rings. The van der Waals surface area contributed by atoms with Crippen LogP contribution < -0.4 is 5.32 Å². The topological polar surface area (TPSA) is 15.3 Å². The van der Waals surface area contributed by atoms with Gasteiger partial charge in [0.25, 0.3) is 0 Å². The Bertz CT molecular complexity index is 401. The molecule has 0 radical (unpaired) electrons. The van der Waals surface area contributed by atoms with Crippen LogP contribution >= 0.6 is 0 Å². The fourth-order valence-corrected chi connectivity index (χ4v) is 3.71. The highest BCUT2D eigenvalue weighted by molar-refractivity contribution is 5.34. The molecule has 19 heavy (non-hydrogen) atoms. The van der Waals surface area contributed by atoms with Gasteiger partial charge in [0, 0.05) is 0 Å². The van der Waals surface area contributed by atoms with E-state index in [2.05, 4.69) is 41.5 Å². The minimum absolute atomic E-state index is 0.789. The van der Waals surface area contributed by atoms with Crippen LogP contribution in [0, 0.1) is 0 Å². The molecule has 2 saturated heterocycles. The zero-order chi connectivity index (χ0) is 13.1. The van der Waals surface area contributed by atoms with Gasteiger partial charge >= 0.3 is 0 Å². The van der Waals surface area contributed by atoms with Crippen molar-refractivity contribution >= 4 is 0 Å². The molecule has 0 spiro atoms. The van der Waals surface area contributed by atoms with Crippen molar-refractivity contribution in [1.29, 1.82) is 0 Å². The Balaban J connectivity index is 1.80. The zero-order valence-electron chi connectivity index (χ0n) is 12.1. The molecule has 0 bridgehead atoms. The van der Waals surface area contributed by atoms with E-state index in [1.54, 1.807) is 11.1 Å². The van der Waals surface area contributed by atoms with Gasteiger partial charge in [0.15, 0.2) is 0 Å². The van der Waals surface area contributed by atoms with Gasteiger partial charge in [-0.25, -0.2) is 0 Å². The molecule has 1 aromatic rings. The van der Waals surface area contributed by atoms with Crippen molar-refractivity contribution in [3.8, 4) is 0 Å². The van der Waals surface area contributed by atoms with Crippen molar-refractivity contribution in [3.05, 3.63) is 35.4 Å². The summed E-state index contributed by atoms with van der Waals surface area (Å²) >= 11 is 0. The molecule has 2 nitrogen and oxygen atoms in total. The molecule has 2 aliphatic heterocycles. The van der Waals surface area contributed by atoms with E-state index in [0.717, 1.165) is 11.8 Å². The summed E-state index contributed by atoms with van der Waals surface area (Å²) in [6.07, 6.45) is 5.28. The van der Waals surface area contributed by atoms with E-state index >= 15 is 0 Å². The zero-order valence-corrected chi connectivity index (χ0v) is 12.1. The average Bonchev–Trinajstić information content (AvgIpc) is 2.49. The molecule has 1 N–H and O–H groups in total. The predicted molar refractivity (Wildman–Crippen MR) is 80.8 cm³/mol. The summed E-state index contributed by atoms with van der Waals surface area (Å²) in [7, 11) is 2.24. The molecular weight excluding hydrogens is 232 g/mol. The first kappa shape index (κ1) is 13.1. The fraction of sp³-hybridized carbons (Fsp3) is 0.647. The number of likely N-dealkylation sites (tertiary alicyclic amines) is 1. The highest BCUT2D eigenvalue weighted by atomic mass is 15.1. The van der Waals surface area contributed by atoms with Crippen molar-refractivity contribution in [2.24, 2.45) is 0 Å². The highest BCUT2D eigenvalue weighted by Crippen LogP contribution is 2.36. The lowest BCUT2D eigenvalue weighted by molar-refractivity contribution is 0.254. The molecule has 0 saturated carbocycles. The van der Waals surface area contributed by atoms with Gasteiger partial charge in [-0.1, -0.05) is 24.3 Å². The first-order valence-corrected chi connectivity index (χ1v) is 7.82. The lowest BCUT2D eigenvalue weighted by Crippen LogP contribution is -2.30. The Morgan fingerprint density at radius 2 is 1.42 bits per heavy atom. The molecule has 0 aromatic heterocycles. The molecule has 2 aliphatic rings. The van der Waals surface area contributed by atoms with E-state index < -0.39 is 0 Å². The molecular formula is C17H26N2. The van der Waals surface area contributed by atoms with E-state index in [1.807, 2.05) is 0 Å². The molecule has 0 atom stereocenters. The minimum Gasteiger partial charge on any atom is -0.317 e. The molecule has 0 unspecified atom stereocenters. The number of piperidine rings is 2. The predicted octanol–water partition coefficient (Wildman–Crippen LogP) is 2.96. The SMILES string of the molecule is CN1CCC(c2ccccc2C2CCNCC2)CC1. The minimum atomic E-state index is 0.789. The first-order chi connectivity index (χ1) is 9.34. The summed E-state index contributed by atoms with van der Waals surface area (Å²) in [6.45, 7) is 4.88. The smallest absolute Gasteiger partial charge is 0.00159 e. The summed E-state index contributed by atoms with van der Waals surface area (Å²) in [4.78, 5) is 2.46. The van der Waals surface area contributed by atoms with Gasteiger partial charge in [-0.05, 0) is 81.9 Å². The van der Waals surface area contributed by atoms with Crippen LogP contribution in [0.3, 0.4) is 0 Å². The summed E-state index contributed by atoms with van der Waals surface area (Å²) < 4.78 is 0. The van der Waals surface area contributed by atoms with Crippen LogP contribution in [-0.2, 0) is 0 Å². The van der Waals surface area contributed by atoms with E-state index in [4.69, 9.17) is 0 Å². The Hall–Kier alpha value is -0.860. The third-order valence-electron chi connectivity index (χ3n) is 4.93. The molecule has 2 heteroatoms. The van der Waals surface area contributed by atoms with Crippen molar-refractivity contribution in [2.45, 2.75) is 37.5 Å². The number of nitrogens with zero attached hydrogens (tertiary/aromatic N) is 1. The standard InChI is InChI=1S/C17H26N2/c1-19-12-8-15(9-13-19)17-5-3-2-4-16(17)14-6-10-18-11-7-14/h2-5,14-15,18H,6-13H2,1H3. The summed E-state index contributed by atoms with van der Waals surface area (Å²) in [6, 6.07) is 9.26. The third-order valence-corrected chi connectivity index (χ3v) is 4.93. The van der Waals surface area contributed by atoms with Crippen LogP contribution in [0.15, 0.2) is 24.3 Å². The lowest BCUT2D eigenvalue weighted by atomic mass is 9.80. The maximum absolute atomic E-state index is 3.48. The van der Waals surface area contributed by atoms with Gasteiger partial charge in [-0.15, -0.1) is 0 Å². The highest BCUT2D eigenvalue weighted by Gasteiger charge is 2.24. The Morgan fingerprint density at radius 1 is 0.895 bits per heavy atom. The summed E-state index contributed by atoms with van der Waals surface area (Å²) in [5.74, 6) is 1.58. The maximum atomic E-state index is 3.48. The maximum Gasteiger partial charge on any atom is -0.00159 e. The van der Waals surface area contributed by atoms with Crippen LogP contribution in [0.2, 0.25) is 0 Å². The van der Waals surface area contributed by atoms with Crippen molar-refractivity contribution in [2.75, 3.05) is 33.2 Å². The second-order valence-corrected chi connectivity index (χ2v) is 6.23. The molecule has 3 rings (SSSR count). The van der Waals surface area contributed by atoms with Crippen LogP contribution in [0.5, 0.6) is 0 Å². The Labute approximate surface area is 117 Å². The quantitative estimate of drug-likeness (QED) is 0.877. The molecule has 0 aliphatic carbocycles. The number of hydrogen-bond donors (Lipinski definition) is 1. The van der Waals surface area contributed by atoms with Crippen LogP contribution in [0.25, 0.3) is 0 Å². The second-order valence-electron chi connectivity index (χ2n) is 6.23. The van der Waals surface area contributed by atoms with E-state index in [-0.39, 0.29) is 0 Å². The normalized spacial score (nSPS) is 23.6. The van der Waals surface area contributed by atoms with Crippen molar-refractivity contribution < 1.29 is 0 Å². The van der Waals surface area contributed by atoms with Gasteiger partial charge in [-0.2, -0.15) is 0 Å². The molecule has 0 amide bonds. The number of hydrogen-bond acceptors (Lipinski definition) is 2. The Kier molecular flexibility index (Phi) is 4.19. The monoisotopic (exact) mass is 258 g/mol. The van der Waals surface area contributed by atoms with Gasteiger partial charge in [0.2, 0.25) is 0 Å². The summed E-state index contributed by atoms with van der Waals surface area (Å²) in [5, 5.41) is 3.48. The largest absolute Gasteiger partial charge is 0.317 e. The van der Waals surface area contributed by atoms with Gasteiger partial charge < -0.3 is 10.2 Å². The van der Waals surface area contributed by atoms with Crippen molar-refractivity contribution in [3.63, 3.8) is 0 Å². The van der Waals surface area contributed by atoms with Crippen LogP contribution in [-0.4, -0.2) is 38.1 Å². The van der Waals surface area contributed by atoms with Gasteiger partial charge in [0.05, 0.1) is 0 Å². The van der Waals surface area contributed by atoms with Crippen LogP contribution in [0.1, 0.15) is 48.6 Å². The first-order valence-electron chi connectivity index (χ1n) is 7.82. The van der Waals surface area contributed by atoms with E-state index in [9.17, 15) is 0 Å². The number of nitrogens with one attached hydrogen (secondary N) is 1. The molecule has 2 heterocycles.